The minimum absolute atomic E-state index is 0.119. The molecular weight excluding hydrogens is 144 g/mol. The van der Waals surface area contributed by atoms with Crippen molar-refractivity contribution in [1.82, 2.24) is 9.97 Å². The molecule has 0 saturated heterocycles. The third-order valence-electron chi connectivity index (χ3n) is 1.29. The highest BCUT2D eigenvalue weighted by Gasteiger charge is 2.10. The van der Waals surface area contributed by atoms with Crippen molar-refractivity contribution in [2.75, 3.05) is 0 Å². The van der Waals surface area contributed by atoms with Crippen molar-refractivity contribution in [3.8, 4) is 0 Å². The first-order valence-electron chi connectivity index (χ1n) is 3.23. The van der Waals surface area contributed by atoms with Gasteiger partial charge < -0.3 is 16.5 Å². The molecule has 0 radical (unpaired) electrons. The normalized spacial score (nSPS) is 12.8. The highest BCUT2D eigenvalue weighted by molar-refractivity contribution is 5.74. The minimum atomic E-state index is -0.422. The summed E-state index contributed by atoms with van der Waals surface area (Å²) in [6.45, 7) is 0. The largest absolute Gasteiger partial charge is 0.370 e. The summed E-state index contributed by atoms with van der Waals surface area (Å²) in [4.78, 5) is 17.1. The Hall–Kier alpha value is -1.36. The second kappa shape index (κ2) is 3.16. The Balaban J connectivity index is 2.56. The van der Waals surface area contributed by atoms with E-state index in [4.69, 9.17) is 11.5 Å². The molecule has 0 bridgehead atoms. The third kappa shape index (κ3) is 2.05. The molecule has 0 aliphatic carbocycles. The summed E-state index contributed by atoms with van der Waals surface area (Å²) in [5.41, 5.74) is 10.5. The van der Waals surface area contributed by atoms with Gasteiger partial charge in [-0.3, -0.25) is 4.79 Å². The van der Waals surface area contributed by atoms with Gasteiger partial charge in [0.15, 0.2) is 0 Å². The van der Waals surface area contributed by atoms with E-state index < -0.39 is 11.9 Å². The lowest BCUT2D eigenvalue weighted by molar-refractivity contribution is -0.118. The van der Waals surface area contributed by atoms with E-state index in [-0.39, 0.29) is 6.42 Å². The standard InChI is InChI=1S/C6H10N4O/c7-4(3-5(8)11)6-9-1-2-10-6/h1-2,4H,3,7H2,(H2,8,11)(H,9,10). The topological polar surface area (TPSA) is 97.8 Å². The summed E-state index contributed by atoms with van der Waals surface area (Å²) >= 11 is 0. The fourth-order valence-electron chi connectivity index (χ4n) is 0.794. The van der Waals surface area contributed by atoms with Crippen LogP contribution in [-0.4, -0.2) is 15.9 Å². The molecule has 1 atom stereocenters. The number of hydrogen-bond donors (Lipinski definition) is 3. The Morgan fingerprint density at radius 1 is 1.82 bits per heavy atom. The zero-order valence-electron chi connectivity index (χ0n) is 5.95. The lowest BCUT2D eigenvalue weighted by atomic mass is 10.2. The predicted molar refractivity (Wildman–Crippen MR) is 39.3 cm³/mol. The van der Waals surface area contributed by atoms with Crippen molar-refractivity contribution in [2.24, 2.45) is 11.5 Å². The molecule has 0 aromatic carbocycles. The fourth-order valence-corrected chi connectivity index (χ4v) is 0.794. The number of hydrogen-bond acceptors (Lipinski definition) is 3. The van der Waals surface area contributed by atoms with Crippen LogP contribution in [0.5, 0.6) is 0 Å². The number of imidazole rings is 1. The number of carbonyl (C=O) groups excluding carboxylic acids is 1. The van der Waals surface area contributed by atoms with Crippen LogP contribution in [0, 0.1) is 0 Å². The molecule has 1 unspecified atom stereocenters. The van der Waals surface area contributed by atoms with Gasteiger partial charge in [0.25, 0.3) is 0 Å². The summed E-state index contributed by atoms with van der Waals surface area (Å²) in [7, 11) is 0. The highest BCUT2D eigenvalue weighted by atomic mass is 16.1. The van der Waals surface area contributed by atoms with Crippen molar-refractivity contribution in [1.29, 1.82) is 0 Å². The number of aromatic nitrogens is 2. The van der Waals surface area contributed by atoms with Crippen LogP contribution in [-0.2, 0) is 4.79 Å². The van der Waals surface area contributed by atoms with Crippen LogP contribution in [0.3, 0.4) is 0 Å². The summed E-state index contributed by atoms with van der Waals surface area (Å²) < 4.78 is 0. The van der Waals surface area contributed by atoms with Gasteiger partial charge >= 0.3 is 0 Å². The van der Waals surface area contributed by atoms with Crippen LogP contribution in [0.2, 0.25) is 0 Å². The summed E-state index contributed by atoms with van der Waals surface area (Å²) in [6.07, 6.45) is 3.35. The van der Waals surface area contributed by atoms with Gasteiger partial charge in [-0.1, -0.05) is 0 Å². The Bertz CT molecular complexity index is 231. The van der Waals surface area contributed by atoms with E-state index in [0.29, 0.717) is 5.82 Å². The monoisotopic (exact) mass is 154 g/mol. The van der Waals surface area contributed by atoms with Gasteiger partial charge in [0.05, 0.1) is 6.04 Å². The van der Waals surface area contributed by atoms with Gasteiger partial charge in [-0.05, 0) is 0 Å². The first kappa shape index (κ1) is 7.74. The van der Waals surface area contributed by atoms with E-state index >= 15 is 0 Å². The molecule has 5 nitrogen and oxygen atoms in total. The molecule has 5 N–H and O–H groups in total. The lowest BCUT2D eigenvalue weighted by Crippen LogP contribution is -2.21. The average molecular weight is 154 g/mol. The average Bonchev–Trinajstić information content (AvgIpc) is 2.35. The molecule has 60 valence electrons. The van der Waals surface area contributed by atoms with E-state index in [1.165, 1.54) is 0 Å². The fraction of sp³-hybridized carbons (Fsp3) is 0.333. The molecule has 0 spiro atoms. The molecule has 0 saturated carbocycles. The maximum atomic E-state index is 10.4. The lowest BCUT2D eigenvalue weighted by Gasteiger charge is -2.03. The zero-order chi connectivity index (χ0) is 8.27. The number of carbonyl (C=O) groups is 1. The summed E-state index contributed by atoms with van der Waals surface area (Å²) in [6, 6.07) is -0.414. The van der Waals surface area contributed by atoms with Gasteiger partial charge in [0.2, 0.25) is 5.91 Å². The summed E-state index contributed by atoms with van der Waals surface area (Å²) in [5.74, 6) is 0.165. The molecule has 0 fully saturated rings. The van der Waals surface area contributed by atoms with E-state index in [9.17, 15) is 4.79 Å². The molecular formula is C6H10N4O. The van der Waals surface area contributed by atoms with Crippen molar-refractivity contribution in [3.05, 3.63) is 18.2 Å². The number of H-pyrrole nitrogens is 1. The maximum Gasteiger partial charge on any atom is 0.219 e. The molecule has 1 heterocycles. The first-order valence-corrected chi connectivity index (χ1v) is 3.23. The quantitative estimate of drug-likeness (QED) is 0.536. The number of nitrogens with zero attached hydrogens (tertiary/aromatic N) is 1. The molecule has 1 aromatic rings. The molecule has 0 aliphatic heterocycles. The van der Waals surface area contributed by atoms with E-state index in [1.54, 1.807) is 12.4 Å². The first-order chi connectivity index (χ1) is 5.20. The van der Waals surface area contributed by atoms with Crippen LogP contribution < -0.4 is 11.5 Å². The van der Waals surface area contributed by atoms with Crippen molar-refractivity contribution in [3.63, 3.8) is 0 Å². The molecule has 0 aliphatic rings. The van der Waals surface area contributed by atoms with Gasteiger partial charge in [0, 0.05) is 18.8 Å². The molecule has 1 aromatic heterocycles. The number of nitrogens with one attached hydrogen (secondary N) is 1. The number of rotatable bonds is 3. The predicted octanol–water partition coefficient (Wildman–Crippen LogP) is -0.715. The Morgan fingerprint density at radius 3 is 3.00 bits per heavy atom. The van der Waals surface area contributed by atoms with Crippen LogP contribution in [0.15, 0.2) is 12.4 Å². The highest BCUT2D eigenvalue weighted by Crippen LogP contribution is 2.06. The minimum Gasteiger partial charge on any atom is -0.370 e. The number of nitrogens with two attached hydrogens (primary N) is 2. The number of primary amides is 1. The molecule has 11 heavy (non-hydrogen) atoms. The Morgan fingerprint density at radius 2 is 2.55 bits per heavy atom. The van der Waals surface area contributed by atoms with Crippen LogP contribution in [0.25, 0.3) is 0 Å². The number of aromatic amines is 1. The SMILES string of the molecule is NC(=O)CC(N)c1ncc[nH]1. The van der Waals surface area contributed by atoms with E-state index in [0.717, 1.165) is 0 Å². The van der Waals surface area contributed by atoms with Crippen LogP contribution >= 0.6 is 0 Å². The van der Waals surface area contributed by atoms with Gasteiger partial charge in [-0.15, -0.1) is 0 Å². The smallest absolute Gasteiger partial charge is 0.219 e. The Labute approximate surface area is 63.8 Å². The second-order valence-corrected chi connectivity index (χ2v) is 2.25. The van der Waals surface area contributed by atoms with Crippen molar-refractivity contribution < 1.29 is 4.79 Å². The molecule has 1 amide bonds. The van der Waals surface area contributed by atoms with Crippen molar-refractivity contribution >= 4 is 5.91 Å². The Kier molecular flexibility index (Phi) is 2.22. The molecule has 1 rings (SSSR count). The number of amides is 1. The zero-order valence-corrected chi connectivity index (χ0v) is 5.95. The van der Waals surface area contributed by atoms with Gasteiger partial charge in [0.1, 0.15) is 5.82 Å². The van der Waals surface area contributed by atoms with Crippen LogP contribution in [0.1, 0.15) is 18.3 Å². The van der Waals surface area contributed by atoms with Crippen LogP contribution in [0.4, 0.5) is 0 Å². The summed E-state index contributed by atoms with van der Waals surface area (Å²) in [5, 5.41) is 0. The molecule has 5 heteroatoms. The second-order valence-electron chi connectivity index (χ2n) is 2.25. The van der Waals surface area contributed by atoms with Gasteiger partial charge in [-0.2, -0.15) is 0 Å². The van der Waals surface area contributed by atoms with E-state index in [1.807, 2.05) is 0 Å². The van der Waals surface area contributed by atoms with Crippen molar-refractivity contribution in [2.45, 2.75) is 12.5 Å². The van der Waals surface area contributed by atoms with Gasteiger partial charge in [-0.25, -0.2) is 4.98 Å². The third-order valence-corrected chi connectivity index (χ3v) is 1.29. The maximum absolute atomic E-state index is 10.4. The van der Waals surface area contributed by atoms with E-state index in [2.05, 4.69) is 9.97 Å².